The largest absolute Gasteiger partial charge is 0.496 e. The molecule has 2 aromatic carbocycles. The lowest BCUT2D eigenvalue weighted by atomic mass is 10.0. The smallest absolute Gasteiger partial charge is 0.193 e. The summed E-state index contributed by atoms with van der Waals surface area (Å²) >= 11 is 0. The van der Waals surface area contributed by atoms with E-state index in [1.54, 1.807) is 7.11 Å². The van der Waals surface area contributed by atoms with Gasteiger partial charge in [-0.25, -0.2) is 0 Å². The topological polar surface area (TPSA) is 78.1 Å². The molecule has 0 radical (unpaired) electrons. The molecule has 0 bridgehead atoms. The molecule has 0 saturated heterocycles. The van der Waals surface area contributed by atoms with Crippen molar-refractivity contribution in [2.24, 2.45) is 10.7 Å². The van der Waals surface area contributed by atoms with Gasteiger partial charge in [0.1, 0.15) is 17.2 Å². The van der Waals surface area contributed by atoms with Crippen molar-refractivity contribution in [1.29, 1.82) is 0 Å². The number of nitrogens with one attached hydrogen (secondary N) is 1. The number of hydrogen-bond acceptors (Lipinski definition) is 4. The third-order valence-electron chi connectivity index (χ3n) is 4.03. The van der Waals surface area contributed by atoms with E-state index in [-0.39, 0.29) is 5.92 Å². The van der Waals surface area contributed by atoms with Crippen LogP contribution in [0.5, 0.6) is 17.2 Å². The fourth-order valence-electron chi connectivity index (χ4n) is 2.73. The molecule has 1 atom stereocenters. The van der Waals surface area contributed by atoms with Crippen LogP contribution in [0.2, 0.25) is 0 Å². The molecule has 6 nitrogen and oxygen atoms in total. The van der Waals surface area contributed by atoms with Gasteiger partial charge in [0.2, 0.25) is 0 Å². The van der Waals surface area contributed by atoms with Crippen LogP contribution < -0.4 is 25.3 Å². The second kappa shape index (κ2) is 10.3. The van der Waals surface area contributed by atoms with Gasteiger partial charge in [-0.3, -0.25) is 4.99 Å². The Balaban J connectivity index is 2.11. The zero-order valence-electron chi connectivity index (χ0n) is 16.5. The molecule has 0 amide bonds. The number of hydrogen-bond donors (Lipinski definition) is 2. The predicted molar refractivity (Wildman–Crippen MR) is 110 cm³/mol. The van der Waals surface area contributed by atoms with E-state index in [0.717, 1.165) is 22.7 Å². The Hall–Kier alpha value is -2.89. The third-order valence-corrected chi connectivity index (χ3v) is 4.03. The molecule has 0 heterocycles. The lowest BCUT2D eigenvalue weighted by Crippen LogP contribution is -2.24. The molecule has 2 aromatic rings. The second-order valence-electron chi connectivity index (χ2n) is 6.02. The molecular formula is C21H29N3O3. The number of methoxy groups -OCH3 is 1. The van der Waals surface area contributed by atoms with Crippen LogP contribution in [0.3, 0.4) is 0 Å². The molecular weight excluding hydrogens is 342 g/mol. The van der Waals surface area contributed by atoms with E-state index in [4.69, 9.17) is 19.9 Å². The summed E-state index contributed by atoms with van der Waals surface area (Å²) in [4.78, 5) is 4.48. The van der Waals surface area contributed by atoms with Crippen LogP contribution in [0.4, 0.5) is 5.69 Å². The van der Waals surface area contributed by atoms with E-state index in [2.05, 4.69) is 17.2 Å². The lowest BCUT2D eigenvalue weighted by molar-refractivity contribution is 0.332. The zero-order chi connectivity index (χ0) is 19.6. The van der Waals surface area contributed by atoms with E-state index >= 15 is 0 Å². The summed E-state index contributed by atoms with van der Waals surface area (Å²) in [5, 5.41) is 3.12. The first-order valence-corrected chi connectivity index (χ1v) is 9.18. The lowest BCUT2D eigenvalue weighted by Gasteiger charge is -2.15. The number of benzene rings is 2. The van der Waals surface area contributed by atoms with Crippen LogP contribution in [0.25, 0.3) is 0 Å². The maximum absolute atomic E-state index is 6.10. The van der Waals surface area contributed by atoms with Crippen molar-refractivity contribution < 1.29 is 14.2 Å². The normalized spacial score (nSPS) is 12.4. The monoisotopic (exact) mass is 371 g/mol. The molecule has 27 heavy (non-hydrogen) atoms. The minimum Gasteiger partial charge on any atom is -0.496 e. The molecule has 0 fully saturated rings. The summed E-state index contributed by atoms with van der Waals surface area (Å²) < 4.78 is 16.6. The van der Waals surface area contributed by atoms with Gasteiger partial charge in [0.05, 0.1) is 26.0 Å². The van der Waals surface area contributed by atoms with E-state index in [1.165, 1.54) is 0 Å². The summed E-state index contributed by atoms with van der Waals surface area (Å²) in [6.45, 7) is 7.66. The zero-order valence-corrected chi connectivity index (χ0v) is 16.5. The van der Waals surface area contributed by atoms with Gasteiger partial charge in [-0.2, -0.15) is 0 Å². The number of aliphatic imine (C=N–C) groups is 1. The van der Waals surface area contributed by atoms with Gasteiger partial charge in [-0.05, 0) is 37.6 Å². The van der Waals surface area contributed by atoms with Gasteiger partial charge in [0, 0.05) is 18.5 Å². The maximum atomic E-state index is 6.10. The molecule has 0 aliphatic carbocycles. The van der Waals surface area contributed by atoms with E-state index < -0.39 is 0 Å². The Morgan fingerprint density at radius 2 is 1.81 bits per heavy atom. The Morgan fingerprint density at radius 1 is 1.07 bits per heavy atom. The van der Waals surface area contributed by atoms with E-state index in [1.807, 2.05) is 56.3 Å². The third kappa shape index (κ3) is 5.81. The standard InChI is InChI=1S/C21H29N3O3/c1-5-26-16-11-12-20(27-6-2)18(13-16)24-21(22)23-14-15(3)17-9-7-8-10-19(17)25-4/h7-13,15H,5-6,14H2,1-4H3,(H3,22,23,24). The van der Waals surface area contributed by atoms with Crippen molar-refractivity contribution in [1.82, 2.24) is 0 Å². The fourth-order valence-corrected chi connectivity index (χ4v) is 2.73. The second-order valence-corrected chi connectivity index (χ2v) is 6.02. The average Bonchev–Trinajstić information content (AvgIpc) is 2.68. The van der Waals surface area contributed by atoms with Gasteiger partial charge in [0.25, 0.3) is 0 Å². The molecule has 0 aromatic heterocycles. The SMILES string of the molecule is CCOc1ccc(OCC)c(NC(N)=NCC(C)c2ccccc2OC)c1. The molecule has 0 saturated carbocycles. The molecule has 0 spiro atoms. The van der Waals surface area contributed by atoms with Crippen LogP contribution in [0.1, 0.15) is 32.3 Å². The van der Waals surface area contributed by atoms with Crippen molar-refractivity contribution in [3.8, 4) is 17.2 Å². The van der Waals surface area contributed by atoms with Crippen molar-refractivity contribution in [3.63, 3.8) is 0 Å². The van der Waals surface area contributed by atoms with Crippen LogP contribution >= 0.6 is 0 Å². The van der Waals surface area contributed by atoms with Gasteiger partial charge in [-0.1, -0.05) is 25.1 Å². The van der Waals surface area contributed by atoms with Crippen LogP contribution in [0.15, 0.2) is 47.5 Å². The van der Waals surface area contributed by atoms with Crippen LogP contribution in [0, 0.1) is 0 Å². The van der Waals surface area contributed by atoms with Gasteiger partial charge < -0.3 is 25.3 Å². The highest BCUT2D eigenvalue weighted by Crippen LogP contribution is 2.30. The van der Waals surface area contributed by atoms with Crippen molar-refractivity contribution in [2.75, 3.05) is 32.2 Å². The quantitative estimate of drug-likeness (QED) is 0.514. The average molecular weight is 371 g/mol. The maximum Gasteiger partial charge on any atom is 0.193 e. The Bertz CT molecular complexity index is 762. The predicted octanol–water partition coefficient (Wildman–Crippen LogP) is 4.02. The van der Waals surface area contributed by atoms with Crippen molar-refractivity contribution in [2.45, 2.75) is 26.7 Å². The highest BCUT2D eigenvalue weighted by Gasteiger charge is 2.11. The molecule has 2 rings (SSSR count). The minimum absolute atomic E-state index is 0.169. The number of nitrogens with zero attached hydrogens (tertiary/aromatic N) is 1. The van der Waals surface area contributed by atoms with Gasteiger partial charge in [0.15, 0.2) is 5.96 Å². The van der Waals surface area contributed by atoms with E-state index in [0.29, 0.717) is 31.5 Å². The Morgan fingerprint density at radius 3 is 2.52 bits per heavy atom. The first kappa shape index (κ1) is 20.4. The molecule has 0 aliphatic rings. The summed E-state index contributed by atoms with van der Waals surface area (Å²) in [7, 11) is 1.67. The van der Waals surface area contributed by atoms with Crippen LogP contribution in [-0.2, 0) is 0 Å². The summed E-state index contributed by atoms with van der Waals surface area (Å²) in [5.74, 6) is 2.80. The highest BCUT2D eigenvalue weighted by atomic mass is 16.5. The summed E-state index contributed by atoms with van der Waals surface area (Å²) in [6, 6.07) is 13.5. The number of ether oxygens (including phenoxy) is 3. The molecule has 0 aliphatic heterocycles. The Kier molecular flexibility index (Phi) is 7.79. The first-order valence-electron chi connectivity index (χ1n) is 9.18. The first-order chi connectivity index (χ1) is 13.1. The highest BCUT2D eigenvalue weighted by molar-refractivity contribution is 5.94. The minimum atomic E-state index is 0.169. The molecule has 1 unspecified atom stereocenters. The Labute approximate surface area is 161 Å². The molecule has 146 valence electrons. The van der Waals surface area contributed by atoms with Crippen molar-refractivity contribution >= 4 is 11.6 Å². The number of nitrogens with two attached hydrogens (primary N) is 1. The fraction of sp³-hybridized carbons (Fsp3) is 0.381. The number of rotatable bonds is 9. The number of para-hydroxylation sites is 1. The summed E-state index contributed by atoms with van der Waals surface area (Å²) in [6.07, 6.45) is 0. The van der Waals surface area contributed by atoms with Crippen LogP contribution in [-0.4, -0.2) is 32.8 Å². The van der Waals surface area contributed by atoms with Gasteiger partial charge in [-0.15, -0.1) is 0 Å². The summed E-state index contributed by atoms with van der Waals surface area (Å²) in [5.41, 5.74) is 7.94. The number of anilines is 1. The van der Waals surface area contributed by atoms with Crippen molar-refractivity contribution in [3.05, 3.63) is 48.0 Å². The number of guanidine groups is 1. The van der Waals surface area contributed by atoms with E-state index in [9.17, 15) is 0 Å². The molecule has 3 N–H and O–H groups in total. The van der Waals surface area contributed by atoms with Gasteiger partial charge >= 0.3 is 0 Å². The molecule has 6 heteroatoms.